The molecule has 1 aromatic carbocycles. The van der Waals surface area contributed by atoms with Gasteiger partial charge in [0.15, 0.2) is 0 Å². The lowest BCUT2D eigenvalue weighted by Crippen LogP contribution is -2.12. The van der Waals surface area contributed by atoms with E-state index in [9.17, 15) is 4.79 Å². The Morgan fingerprint density at radius 3 is 2.59 bits per heavy atom. The van der Waals surface area contributed by atoms with Gasteiger partial charge in [0.05, 0.1) is 16.9 Å². The summed E-state index contributed by atoms with van der Waals surface area (Å²) in [5, 5.41) is 1.67. The third-order valence-electron chi connectivity index (χ3n) is 2.97. The van der Waals surface area contributed by atoms with Crippen LogP contribution >= 0.6 is 0 Å². The van der Waals surface area contributed by atoms with E-state index in [-0.39, 0.29) is 11.1 Å². The highest BCUT2D eigenvalue weighted by atomic mass is 16.1. The molecular formula is C13H11N3O. The average molecular weight is 225 g/mol. The molecule has 0 radical (unpaired) electrons. The standard InChI is InChI=1S/C13H11N3O/c14-9-3-1-2-7-8(9)6-16-11-5-4-10(15)13(17)12(7)11/h1-6,16H,14-15H2. The van der Waals surface area contributed by atoms with Crippen molar-refractivity contribution < 1.29 is 0 Å². The third kappa shape index (κ3) is 1.27. The number of hydrogen-bond donors (Lipinski definition) is 3. The second-order valence-corrected chi connectivity index (χ2v) is 4.00. The summed E-state index contributed by atoms with van der Waals surface area (Å²) in [5.74, 6) is 0. The summed E-state index contributed by atoms with van der Waals surface area (Å²) in [5.41, 5.74) is 13.6. The van der Waals surface area contributed by atoms with Crippen LogP contribution in [-0.2, 0) is 0 Å². The predicted octanol–water partition coefficient (Wildman–Crippen LogP) is 1.80. The maximum atomic E-state index is 12.1. The Morgan fingerprint density at radius 1 is 0.941 bits per heavy atom. The first-order valence-corrected chi connectivity index (χ1v) is 5.26. The number of fused-ring (bicyclic) bond motifs is 3. The topological polar surface area (TPSA) is 84.9 Å². The summed E-state index contributed by atoms with van der Waals surface area (Å²) in [6, 6.07) is 8.93. The van der Waals surface area contributed by atoms with E-state index in [1.165, 1.54) is 0 Å². The second kappa shape index (κ2) is 3.25. The van der Waals surface area contributed by atoms with Gasteiger partial charge in [-0.25, -0.2) is 0 Å². The van der Waals surface area contributed by atoms with E-state index >= 15 is 0 Å². The molecule has 0 unspecified atom stereocenters. The highest BCUT2D eigenvalue weighted by Gasteiger charge is 2.13. The number of pyridine rings is 1. The van der Waals surface area contributed by atoms with Gasteiger partial charge >= 0.3 is 0 Å². The van der Waals surface area contributed by atoms with E-state index < -0.39 is 0 Å². The number of nitrogen functional groups attached to an aromatic ring is 2. The molecule has 0 fully saturated rings. The van der Waals surface area contributed by atoms with Crippen molar-refractivity contribution in [3.8, 4) is 11.3 Å². The van der Waals surface area contributed by atoms with E-state index in [0.29, 0.717) is 11.3 Å². The van der Waals surface area contributed by atoms with Crippen LogP contribution in [0.4, 0.5) is 11.4 Å². The molecule has 0 saturated carbocycles. The highest BCUT2D eigenvalue weighted by Crippen LogP contribution is 2.29. The lowest BCUT2D eigenvalue weighted by atomic mass is 10.00. The molecule has 0 spiro atoms. The molecule has 17 heavy (non-hydrogen) atoms. The highest BCUT2D eigenvalue weighted by molar-refractivity contribution is 6.02. The van der Waals surface area contributed by atoms with Gasteiger partial charge in [0.1, 0.15) is 0 Å². The number of H-pyrrole nitrogens is 1. The molecular weight excluding hydrogens is 214 g/mol. The zero-order valence-corrected chi connectivity index (χ0v) is 9.03. The molecule has 4 nitrogen and oxygen atoms in total. The average Bonchev–Trinajstić information content (AvgIpc) is 2.34. The normalized spacial score (nSPS) is 11.1. The molecule has 3 rings (SSSR count). The molecule has 0 amide bonds. The Hall–Kier alpha value is -2.49. The molecule has 84 valence electrons. The van der Waals surface area contributed by atoms with Gasteiger partial charge in [-0.3, -0.25) is 4.79 Å². The van der Waals surface area contributed by atoms with E-state index in [0.717, 1.165) is 16.5 Å². The number of nitrogens with one attached hydrogen (secondary N) is 1. The molecule has 0 saturated heterocycles. The monoisotopic (exact) mass is 225 g/mol. The summed E-state index contributed by atoms with van der Waals surface area (Å²) in [7, 11) is 0. The minimum absolute atomic E-state index is 0.157. The summed E-state index contributed by atoms with van der Waals surface area (Å²) in [4.78, 5) is 15.1. The molecule has 0 bridgehead atoms. The van der Waals surface area contributed by atoms with Crippen molar-refractivity contribution in [2.45, 2.75) is 0 Å². The van der Waals surface area contributed by atoms with Crippen molar-refractivity contribution >= 4 is 22.1 Å². The molecule has 1 aliphatic heterocycles. The maximum Gasteiger partial charge on any atom is 0.211 e. The molecule has 4 heteroatoms. The fraction of sp³-hybridized carbons (Fsp3) is 0. The Morgan fingerprint density at radius 2 is 1.76 bits per heavy atom. The summed E-state index contributed by atoms with van der Waals surface area (Å²) in [6.45, 7) is 0. The predicted molar refractivity (Wildman–Crippen MR) is 70.0 cm³/mol. The molecule has 0 aromatic heterocycles. The van der Waals surface area contributed by atoms with Crippen LogP contribution in [-0.4, -0.2) is 4.98 Å². The SMILES string of the molecule is Nc1ccc2[nH]cc3c(N)cccc3c-2c1=O. The van der Waals surface area contributed by atoms with Gasteiger partial charge in [-0.05, 0) is 23.6 Å². The largest absolute Gasteiger partial charge is 0.398 e. The van der Waals surface area contributed by atoms with Gasteiger partial charge < -0.3 is 16.5 Å². The molecule has 1 heterocycles. The van der Waals surface area contributed by atoms with Crippen LogP contribution in [0.1, 0.15) is 0 Å². The molecule has 2 aliphatic rings. The Labute approximate surface area is 97.2 Å². The summed E-state index contributed by atoms with van der Waals surface area (Å²) in [6.07, 6.45) is 1.81. The quantitative estimate of drug-likeness (QED) is 0.403. The smallest absolute Gasteiger partial charge is 0.211 e. The third-order valence-corrected chi connectivity index (χ3v) is 2.97. The molecule has 5 N–H and O–H groups in total. The fourth-order valence-corrected chi connectivity index (χ4v) is 2.10. The second-order valence-electron chi connectivity index (χ2n) is 4.00. The Balaban J connectivity index is 2.63. The van der Waals surface area contributed by atoms with Gasteiger partial charge in [0, 0.05) is 17.3 Å². The number of rotatable bonds is 0. The molecule has 1 aliphatic carbocycles. The van der Waals surface area contributed by atoms with Crippen LogP contribution in [0.15, 0.2) is 41.3 Å². The minimum atomic E-state index is -0.157. The van der Waals surface area contributed by atoms with Gasteiger partial charge in [-0.1, -0.05) is 12.1 Å². The number of anilines is 2. The fourth-order valence-electron chi connectivity index (χ4n) is 2.10. The van der Waals surface area contributed by atoms with Crippen molar-refractivity contribution in [3.05, 3.63) is 46.8 Å². The summed E-state index contributed by atoms with van der Waals surface area (Å²) >= 11 is 0. The lowest BCUT2D eigenvalue weighted by Gasteiger charge is -2.10. The molecule has 0 atom stereocenters. The minimum Gasteiger partial charge on any atom is -0.398 e. The van der Waals surface area contributed by atoms with Crippen molar-refractivity contribution in [1.29, 1.82) is 0 Å². The van der Waals surface area contributed by atoms with Crippen molar-refractivity contribution in [3.63, 3.8) is 0 Å². The van der Waals surface area contributed by atoms with Crippen LogP contribution in [0.25, 0.3) is 22.0 Å². The van der Waals surface area contributed by atoms with Gasteiger partial charge in [-0.15, -0.1) is 0 Å². The first-order chi connectivity index (χ1) is 8.18. The van der Waals surface area contributed by atoms with Crippen LogP contribution in [0.3, 0.4) is 0 Å². The first kappa shape index (κ1) is 9.72. The number of hydrogen-bond acceptors (Lipinski definition) is 3. The van der Waals surface area contributed by atoms with Crippen LogP contribution in [0.5, 0.6) is 0 Å². The lowest BCUT2D eigenvalue weighted by molar-refractivity contribution is 1.34. The van der Waals surface area contributed by atoms with Crippen LogP contribution < -0.4 is 16.9 Å². The van der Waals surface area contributed by atoms with E-state index in [4.69, 9.17) is 11.5 Å². The van der Waals surface area contributed by atoms with E-state index in [2.05, 4.69) is 4.98 Å². The number of nitrogens with two attached hydrogens (primary N) is 2. The molecule has 1 aromatic rings. The first-order valence-electron chi connectivity index (χ1n) is 5.26. The number of benzene rings is 2. The van der Waals surface area contributed by atoms with Crippen molar-refractivity contribution in [1.82, 2.24) is 4.98 Å². The Kier molecular flexibility index (Phi) is 1.86. The maximum absolute atomic E-state index is 12.1. The van der Waals surface area contributed by atoms with Crippen molar-refractivity contribution in [2.24, 2.45) is 0 Å². The summed E-state index contributed by atoms with van der Waals surface area (Å²) < 4.78 is 0. The zero-order valence-electron chi connectivity index (χ0n) is 9.03. The number of aromatic amines is 1. The Bertz CT molecular complexity index is 745. The zero-order chi connectivity index (χ0) is 12.0. The van der Waals surface area contributed by atoms with Gasteiger partial charge in [-0.2, -0.15) is 0 Å². The van der Waals surface area contributed by atoms with Gasteiger partial charge in [0.2, 0.25) is 5.43 Å². The van der Waals surface area contributed by atoms with Crippen LogP contribution in [0.2, 0.25) is 0 Å². The number of aromatic nitrogens is 1. The van der Waals surface area contributed by atoms with E-state index in [1.54, 1.807) is 18.2 Å². The van der Waals surface area contributed by atoms with E-state index in [1.807, 2.05) is 18.3 Å². The van der Waals surface area contributed by atoms with Crippen LogP contribution in [0, 0.1) is 0 Å². The van der Waals surface area contributed by atoms with Gasteiger partial charge in [0.25, 0.3) is 0 Å². The van der Waals surface area contributed by atoms with Crippen molar-refractivity contribution in [2.75, 3.05) is 11.5 Å².